The molecule has 1 amide bonds. The quantitative estimate of drug-likeness (QED) is 0.710. The van der Waals surface area contributed by atoms with Crippen LogP contribution in [0, 0.1) is 6.92 Å². The van der Waals surface area contributed by atoms with E-state index in [1.54, 1.807) is 0 Å². The second-order valence-corrected chi connectivity index (χ2v) is 3.74. The van der Waals surface area contributed by atoms with Crippen molar-refractivity contribution in [2.45, 2.75) is 32.7 Å². The number of carbonyl (C=O) groups excluding carboxylic acids is 1. The minimum atomic E-state index is -0.424. The zero-order valence-electron chi connectivity index (χ0n) is 9.03. The SMILES string of the molecule is Cc1cc(CC(C)N)nc(CC(N)=O)n1. The lowest BCUT2D eigenvalue weighted by Crippen LogP contribution is -2.20. The third-order valence-corrected chi connectivity index (χ3v) is 1.82. The predicted molar refractivity (Wildman–Crippen MR) is 57.0 cm³/mol. The van der Waals surface area contributed by atoms with Crippen LogP contribution in [0.3, 0.4) is 0 Å². The van der Waals surface area contributed by atoms with Gasteiger partial charge in [0.1, 0.15) is 5.82 Å². The van der Waals surface area contributed by atoms with Gasteiger partial charge in [0.25, 0.3) is 0 Å². The first kappa shape index (κ1) is 11.6. The fourth-order valence-electron chi connectivity index (χ4n) is 1.37. The smallest absolute Gasteiger partial charge is 0.225 e. The van der Waals surface area contributed by atoms with E-state index in [1.807, 2.05) is 19.9 Å². The summed E-state index contributed by atoms with van der Waals surface area (Å²) in [6.07, 6.45) is 0.753. The second kappa shape index (κ2) is 4.84. The number of nitrogens with two attached hydrogens (primary N) is 2. The number of aryl methyl sites for hydroxylation is 1. The highest BCUT2D eigenvalue weighted by Gasteiger charge is 2.06. The first-order valence-corrected chi connectivity index (χ1v) is 4.84. The third kappa shape index (κ3) is 4.03. The maximum Gasteiger partial charge on any atom is 0.225 e. The Bertz CT molecular complexity index is 362. The summed E-state index contributed by atoms with van der Waals surface area (Å²) >= 11 is 0. The summed E-state index contributed by atoms with van der Waals surface area (Å²) < 4.78 is 0. The molecule has 0 aromatic carbocycles. The fraction of sp³-hybridized carbons (Fsp3) is 0.500. The molecule has 0 aliphatic heterocycles. The first-order valence-electron chi connectivity index (χ1n) is 4.84. The van der Waals surface area contributed by atoms with Crippen molar-refractivity contribution in [3.05, 3.63) is 23.3 Å². The number of carbonyl (C=O) groups is 1. The van der Waals surface area contributed by atoms with Gasteiger partial charge in [-0.2, -0.15) is 0 Å². The minimum absolute atomic E-state index is 0.0423. The van der Waals surface area contributed by atoms with E-state index in [9.17, 15) is 4.79 Å². The molecule has 0 aliphatic carbocycles. The van der Waals surface area contributed by atoms with E-state index >= 15 is 0 Å². The molecule has 0 fully saturated rings. The molecular formula is C10H16N4O. The molecule has 0 bridgehead atoms. The Balaban J connectivity index is 2.89. The van der Waals surface area contributed by atoms with Crippen molar-refractivity contribution >= 4 is 5.91 Å². The van der Waals surface area contributed by atoms with Crippen LogP contribution in [-0.2, 0) is 17.6 Å². The summed E-state index contributed by atoms with van der Waals surface area (Å²) in [7, 11) is 0. The Labute approximate surface area is 88.9 Å². The molecule has 4 N–H and O–H groups in total. The molecule has 0 radical (unpaired) electrons. The van der Waals surface area contributed by atoms with Gasteiger partial charge in [-0.05, 0) is 19.9 Å². The molecule has 1 unspecified atom stereocenters. The zero-order chi connectivity index (χ0) is 11.4. The summed E-state index contributed by atoms with van der Waals surface area (Å²) in [5, 5.41) is 0. The van der Waals surface area contributed by atoms with E-state index in [0.717, 1.165) is 11.4 Å². The molecule has 1 aromatic rings. The lowest BCUT2D eigenvalue weighted by Gasteiger charge is -2.07. The summed E-state index contributed by atoms with van der Waals surface area (Å²) in [5.74, 6) is 0.0468. The summed E-state index contributed by atoms with van der Waals surface area (Å²) in [6, 6.07) is 1.91. The van der Waals surface area contributed by atoms with Gasteiger partial charge < -0.3 is 11.5 Å². The molecule has 82 valence electrons. The molecule has 0 saturated carbocycles. The molecule has 1 atom stereocenters. The number of nitrogens with zero attached hydrogens (tertiary/aromatic N) is 2. The van der Waals surface area contributed by atoms with Crippen molar-refractivity contribution in [1.29, 1.82) is 0 Å². The molecule has 5 nitrogen and oxygen atoms in total. The molecule has 0 spiro atoms. The monoisotopic (exact) mass is 208 g/mol. The number of hydrogen-bond acceptors (Lipinski definition) is 4. The predicted octanol–water partition coefficient (Wildman–Crippen LogP) is -0.297. The molecule has 15 heavy (non-hydrogen) atoms. The van der Waals surface area contributed by atoms with Crippen LogP contribution in [-0.4, -0.2) is 21.9 Å². The lowest BCUT2D eigenvalue weighted by atomic mass is 10.1. The lowest BCUT2D eigenvalue weighted by molar-refractivity contribution is -0.117. The van der Waals surface area contributed by atoms with Gasteiger partial charge in [-0.25, -0.2) is 9.97 Å². The highest BCUT2D eigenvalue weighted by molar-refractivity contribution is 5.75. The molecule has 1 rings (SSSR count). The van der Waals surface area contributed by atoms with Gasteiger partial charge in [-0.3, -0.25) is 4.79 Å². The average Bonchev–Trinajstić information content (AvgIpc) is 1.98. The Kier molecular flexibility index (Phi) is 3.74. The third-order valence-electron chi connectivity index (χ3n) is 1.82. The van der Waals surface area contributed by atoms with Gasteiger partial charge in [-0.1, -0.05) is 0 Å². The number of primary amides is 1. The van der Waals surface area contributed by atoms with E-state index < -0.39 is 5.91 Å². The van der Waals surface area contributed by atoms with Crippen molar-refractivity contribution in [2.24, 2.45) is 11.5 Å². The number of amides is 1. The minimum Gasteiger partial charge on any atom is -0.369 e. The van der Waals surface area contributed by atoms with Crippen molar-refractivity contribution in [3.8, 4) is 0 Å². The van der Waals surface area contributed by atoms with Crippen molar-refractivity contribution < 1.29 is 4.79 Å². The van der Waals surface area contributed by atoms with Gasteiger partial charge in [0.2, 0.25) is 5.91 Å². The van der Waals surface area contributed by atoms with Crippen LogP contribution in [0.2, 0.25) is 0 Å². The van der Waals surface area contributed by atoms with E-state index in [1.165, 1.54) is 0 Å². The fourth-order valence-corrected chi connectivity index (χ4v) is 1.37. The highest BCUT2D eigenvalue weighted by atomic mass is 16.1. The Morgan fingerprint density at radius 2 is 2.20 bits per heavy atom. The number of hydrogen-bond donors (Lipinski definition) is 2. The zero-order valence-corrected chi connectivity index (χ0v) is 9.03. The van der Waals surface area contributed by atoms with Crippen LogP contribution in [0.25, 0.3) is 0 Å². The van der Waals surface area contributed by atoms with Gasteiger partial charge in [0.15, 0.2) is 0 Å². The van der Waals surface area contributed by atoms with E-state index in [0.29, 0.717) is 12.2 Å². The summed E-state index contributed by atoms with van der Waals surface area (Å²) in [5.41, 5.74) is 12.4. The molecule has 1 aromatic heterocycles. The van der Waals surface area contributed by atoms with Crippen molar-refractivity contribution in [3.63, 3.8) is 0 Å². The molecule has 0 aliphatic rings. The average molecular weight is 208 g/mol. The van der Waals surface area contributed by atoms with Gasteiger partial charge in [0.05, 0.1) is 6.42 Å². The normalized spacial score (nSPS) is 12.5. The standard InChI is InChI=1S/C10H16N4O/c1-6(11)3-8-4-7(2)13-10(14-8)5-9(12)15/h4,6H,3,5,11H2,1-2H3,(H2,12,15). The molecule has 5 heteroatoms. The largest absolute Gasteiger partial charge is 0.369 e. The Morgan fingerprint density at radius 1 is 1.53 bits per heavy atom. The summed E-state index contributed by atoms with van der Waals surface area (Å²) in [6.45, 7) is 3.77. The van der Waals surface area contributed by atoms with Crippen LogP contribution < -0.4 is 11.5 Å². The van der Waals surface area contributed by atoms with E-state index in [4.69, 9.17) is 11.5 Å². The maximum atomic E-state index is 10.7. The number of aromatic nitrogens is 2. The molecular weight excluding hydrogens is 192 g/mol. The van der Waals surface area contributed by atoms with Gasteiger partial charge in [-0.15, -0.1) is 0 Å². The Hall–Kier alpha value is -1.49. The van der Waals surface area contributed by atoms with E-state index in [2.05, 4.69) is 9.97 Å². The van der Waals surface area contributed by atoms with Gasteiger partial charge >= 0.3 is 0 Å². The van der Waals surface area contributed by atoms with Crippen LogP contribution >= 0.6 is 0 Å². The van der Waals surface area contributed by atoms with Crippen LogP contribution in [0.4, 0.5) is 0 Å². The van der Waals surface area contributed by atoms with Crippen LogP contribution in [0.5, 0.6) is 0 Å². The van der Waals surface area contributed by atoms with E-state index in [-0.39, 0.29) is 12.5 Å². The topological polar surface area (TPSA) is 94.9 Å². The van der Waals surface area contributed by atoms with Crippen molar-refractivity contribution in [2.75, 3.05) is 0 Å². The van der Waals surface area contributed by atoms with Gasteiger partial charge in [0, 0.05) is 23.9 Å². The molecule has 0 saturated heterocycles. The Morgan fingerprint density at radius 3 is 2.73 bits per heavy atom. The first-order chi connectivity index (χ1) is 6.97. The van der Waals surface area contributed by atoms with Crippen LogP contribution in [0.15, 0.2) is 6.07 Å². The van der Waals surface area contributed by atoms with Crippen molar-refractivity contribution in [1.82, 2.24) is 9.97 Å². The number of rotatable bonds is 4. The highest BCUT2D eigenvalue weighted by Crippen LogP contribution is 2.03. The second-order valence-electron chi connectivity index (χ2n) is 3.74. The summed E-state index contributed by atoms with van der Waals surface area (Å²) in [4.78, 5) is 19.1. The van der Waals surface area contributed by atoms with Crippen LogP contribution in [0.1, 0.15) is 24.1 Å². The maximum absolute atomic E-state index is 10.7. The molecule has 1 heterocycles.